The van der Waals surface area contributed by atoms with Gasteiger partial charge in [-0.1, -0.05) is 24.3 Å². The molecule has 174 valence electrons. The molecule has 2 amide bonds. The topological polar surface area (TPSA) is 102 Å². The Bertz CT molecular complexity index is 1100. The van der Waals surface area contributed by atoms with Crippen LogP contribution in [0.25, 0.3) is 0 Å². The average Bonchev–Trinajstić information content (AvgIpc) is 3.30. The molecule has 9 heteroatoms. The second-order valence-electron chi connectivity index (χ2n) is 9.31. The van der Waals surface area contributed by atoms with Gasteiger partial charge in [-0.2, -0.15) is 4.98 Å². The van der Waals surface area contributed by atoms with Crippen LogP contribution in [0.3, 0.4) is 0 Å². The lowest BCUT2D eigenvalue weighted by Crippen LogP contribution is -2.48. The SMILES string of the molecule is CC(=O)N1CCN(c2nc(N[C@@H]3c4ccccc4C[C@H]3O)c3c(n2)C(=O)N(C(C)C)C3)CC1. The van der Waals surface area contributed by atoms with Crippen molar-refractivity contribution in [2.45, 2.75) is 51.9 Å². The molecule has 3 heterocycles. The molecule has 3 aliphatic rings. The van der Waals surface area contributed by atoms with Crippen LogP contribution in [0, 0.1) is 0 Å². The monoisotopic (exact) mass is 450 g/mol. The highest BCUT2D eigenvalue weighted by atomic mass is 16.3. The van der Waals surface area contributed by atoms with Crippen LogP contribution in [0.4, 0.5) is 11.8 Å². The summed E-state index contributed by atoms with van der Waals surface area (Å²) in [6.45, 7) is 8.40. The third-order valence-corrected chi connectivity index (χ3v) is 6.91. The predicted molar refractivity (Wildman–Crippen MR) is 124 cm³/mol. The van der Waals surface area contributed by atoms with E-state index in [2.05, 4.69) is 10.3 Å². The molecule has 0 radical (unpaired) electrons. The van der Waals surface area contributed by atoms with Gasteiger partial charge in [-0.15, -0.1) is 0 Å². The number of rotatable bonds is 4. The van der Waals surface area contributed by atoms with E-state index in [0.29, 0.717) is 56.6 Å². The lowest BCUT2D eigenvalue weighted by Gasteiger charge is -2.34. The van der Waals surface area contributed by atoms with Gasteiger partial charge in [0.1, 0.15) is 11.5 Å². The maximum absolute atomic E-state index is 13.2. The van der Waals surface area contributed by atoms with Crippen LogP contribution in [0.1, 0.15) is 54.0 Å². The molecule has 0 saturated carbocycles. The number of fused-ring (bicyclic) bond motifs is 2. The van der Waals surface area contributed by atoms with E-state index in [1.54, 1.807) is 16.7 Å². The highest BCUT2D eigenvalue weighted by molar-refractivity contribution is 5.98. The second-order valence-corrected chi connectivity index (χ2v) is 9.31. The number of amides is 2. The van der Waals surface area contributed by atoms with Crippen molar-refractivity contribution in [3.63, 3.8) is 0 Å². The number of piperazine rings is 1. The minimum absolute atomic E-state index is 0.0416. The Morgan fingerprint density at radius 2 is 1.88 bits per heavy atom. The molecule has 0 unspecified atom stereocenters. The molecular formula is C24H30N6O3. The molecule has 5 rings (SSSR count). The van der Waals surface area contributed by atoms with Crippen LogP contribution in [0.15, 0.2) is 24.3 Å². The summed E-state index contributed by atoms with van der Waals surface area (Å²) >= 11 is 0. The Morgan fingerprint density at radius 3 is 2.58 bits per heavy atom. The van der Waals surface area contributed by atoms with Crippen molar-refractivity contribution < 1.29 is 14.7 Å². The average molecular weight is 451 g/mol. The van der Waals surface area contributed by atoms with E-state index in [1.165, 1.54) is 0 Å². The Hall–Kier alpha value is -3.20. The molecule has 1 saturated heterocycles. The van der Waals surface area contributed by atoms with E-state index in [9.17, 15) is 14.7 Å². The zero-order valence-electron chi connectivity index (χ0n) is 19.3. The third-order valence-electron chi connectivity index (χ3n) is 6.91. The van der Waals surface area contributed by atoms with E-state index < -0.39 is 6.10 Å². The summed E-state index contributed by atoms with van der Waals surface area (Å²) in [5.41, 5.74) is 3.37. The molecular weight excluding hydrogens is 420 g/mol. The zero-order chi connectivity index (χ0) is 23.3. The molecule has 2 aliphatic heterocycles. The summed E-state index contributed by atoms with van der Waals surface area (Å²) in [6.07, 6.45) is 0.00627. The second kappa shape index (κ2) is 8.30. The fourth-order valence-corrected chi connectivity index (χ4v) is 4.97. The number of benzene rings is 1. The van der Waals surface area contributed by atoms with Crippen LogP contribution < -0.4 is 10.2 Å². The van der Waals surface area contributed by atoms with Crippen LogP contribution in [-0.4, -0.2) is 75.0 Å². The van der Waals surface area contributed by atoms with Gasteiger partial charge in [0.05, 0.1) is 18.7 Å². The molecule has 1 fully saturated rings. The summed E-state index contributed by atoms with van der Waals surface area (Å²) in [5, 5.41) is 14.2. The van der Waals surface area contributed by atoms with Crippen molar-refractivity contribution in [3.8, 4) is 0 Å². The number of carbonyl (C=O) groups excluding carboxylic acids is 2. The van der Waals surface area contributed by atoms with E-state index in [-0.39, 0.29) is 23.9 Å². The molecule has 0 spiro atoms. The lowest BCUT2D eigenvalue weighted by atomic mass is 10.1. The zero-order valence-corrected chi connectivity index (χ0v) is 19.3. The summed E-state index contributed by atoms with van der Waals surface area (Å²) in [7, 11) is 0. The van der Waals surface area contributed by atoms with Crippen molar-refractivity contribution in [2.24, 2.45) is 0 Å². The number of carbonyl (C=O) groups is 2. The first-order chi connectivity index (χ1) is 15.8. The van der Waals surface area contributed by atoms with Gasteiger partial charge in [-0.05, 0) is 25.0 Å². The van der Waals surface area contributed by atoms with Crippen molar-refractivity contribution in [1.29, 1.82) is 0 Å². The molecule has 2 aromatic rings. The Labute approximate surface area is 193 Å². The smallest absolute Gasteiger partial charge is 0.273 e. The molecule has 1 aliphatic carbocycles. The molecule has 9 nitrogen and oxygen atoms in total. The van der Waals surface area contributed by atoms with Gasteiger partial charge in [0.2, 0.25) is 11.9 Å². The maximum Gasteiger partial charge on any atom is 0.273 e. The van der Waals surface area contributed by atoms with Crippen molar-refractivity contribution in [1.82, 2.24) is 19.8 Å². The first-order valence-electron chi connectivity index (χ1n) is 11.6. The molecule has 2 N–H and O–H groups in total. The van der Waals surface area contributed by atoms with Gasteiger partial charge in [-0.25, -0.2) is 4.98 Å². The molecule has 1 aromatic heterocycles. The standard InChI is InChI=1S/C24H30N6O3/c1-14(2)30-13-18-21(23(30)33)26-24(29-10-8-28(9-11-29)15(3)31)27-22(18)25-20-17-7-5-4-6-16(17)12-19(20)32/h4-7,14,19-20,32H,8-13H2,1-3H3,(H,25,26,27)/t19-,20-/m1/s1. The number of hydrogen-bond acceptors (Lipinski definition) is 7. The fraction of sp³-hybridized carbons (Fsp3) is 0.500. The minimum atomic E-state index is -0.575. The highest BCUT2D eigenvalue weighted by Gasteiger charge is 2.37. The summed E-state index contributed by atoms with van der Waals surface area (Å²) in [6, 6.07) is 7.76. The van der Waals surface area contributed by atoms with Crippen LogP contribution in [-0.2, 0) is 17.8 Å². The number of hydrogen-bond donors (Lipinski definition) is 2. The van der Waals surface area contributed by atoms with Crippen LogP contribution >= 0.6 is 0 Å². The van der Waals surface area contributed by atoms with E-state index >= 15 is 0 Å². The fourth-order valence-electron chi connectivity index (χ4n) is 4.97. The molecule has 2 atom stereocenters. The first kappa shape index (κ1) is 21.6. The number of nitrogens with zero attached hydrogens (tertiary/aromatic N) is 5. The number of aliphatic hydroxyl groups excluding tert-OH is 1. The number of nitrogens with one attached hydrogen (secondary N) is 1. The van der Waals surface area contributed by atoms with Gasteiger partial charge in [0.15, 0.2) is 0 Å². The van der Waals surface area contributed by atoms with Crippen LogP contribution in [0.5, 0.6) is 0 Å². The van der Waals surface area contributed by atoms with Crippen LogP contribution in [0.2, 0.25) is 0 Å². The quantitative estimate of drug-likeness (QED) is 0.729. The van der Waals surface area contributed by atoms with Gasteiger partial charge >= 0.3 is 0 Å². The van der Waals surface area contributed by atoms with Gasteiger partial charge in [-0.3, -0.25) is 9.59 Å². The molecule has 33 heavy (non-hydrogen) atoms. The Kier molecular flexibility index (Phi) is 5.44. The number of aromatic nitrogens is 2. The minimum Gasteiger partial charge on any atom is -0.390 e. The van der Waals surface area contributed by atoms with Gasteiger partial charge in [0.25, 0.3) is 5.91 Å². The van der Waals surface area contributed by atoms with E-state index in [0.717, 1.165) is 16.7 Å². The maximum atomic E-state index is 13.2. The van der Waals surface area contributed by atoms with Crippen molar-refractivity contribution in [2.75, 3.05) is 36.4 Å². The van der Waals surface area contributed by atoms with Crippen molar-refractivity contribution >= 4 is 23.6 Å². The van der Waals surface area contributed by atoms with E-state index in [4.69, 9.17) is 4.98 Å². The first-order valence-corrected chi connectivity index (χ1v) is 11.6. The third kappa shape index (κ3) is 3.80. The normalized spacial score (nSPS) is 22.1. The van der Waals surface area contributed by atoms with Crippen molar-refractivity contribution in [3.05, 3.63) is 46.6 Å². The molecule has 0 bridgehead atoms. The summed E-state index contributed by atoms with van der Waals surface area (Å²) in [4.78, 5) is 40.0. The molecule has 1 aromatic carbocycles. The lowest BCUT2D eigenvalue weighted by molar-refractivity contribution is -0.129. The number of anilines is 2. The van der Waals surface area contributed by atoms with E-state index in [1.807, 2.05) is 43.0 Å². The Morgan fingerprint density at radius 1 is 1.15 bits per heavy atom. The predicted octanol–water partition coefficient (Wildman–Crippen LogP) is 1.58. The Balaban J connectivity index is 1.50. The summed E-state index contributed by atoms with van der Waals surface area (Å²) in [5.74, 6) is 1.05. The highest BCUT2D eigenvalue weighted by Crippen LogP contribution is 2.37. The largest absolute Gasteiger partial charge is 0.390 e. The van der Waals surface area contributed by atoms with Gasteiger partial charge < -0.3 is 25.1 Å². The number of aliphatic hydroxyl groups is 1. The van der Waals surface area contributed by atoms with Gasteiger partial charge in [0, 0.05) is 51.1 Å². The summed E-state index contributed by atoms with van der Waals surface area (Å²) < 4.78 is 0.